The third-order valence-corrected chi connectivity index (χ3v) is 13.6. The van der Waals surface area contributed by atoms with Gasteiger partial charge in [-0.1, -0.05) is 225 Å². The number of unbranched alkanes of at least 4 members (excludes halogenated alkanes) is 33. The topological polar surface area (TPSA) is 111 Å². The van der Waals surface area contributed by atoms with Crippen LogP contribution in [0.25, 0.3) is 0 Å². The molecule has 0 spiro atoms. The molecule has 0 bridgehead atoms. The number of allylic oxidation sites excluding steroid dienone is 3. The monoisotopic (exact) mass is 954 g/mol. The number of hydrogen-bond acceptors (Lipinski definition) is 6. The first kappa shape index (κ1) is 64.5. The molecule has 0 fully saturated rings. The lowest BCUT2D eigenvalue weighted by atomic mass is 10.0. The fraction of sp³-hybridized carbons (Fsp3) is 0.893. The first-order valence-corrected chi connectivity index (χ1v) is 29.7. The maximum absolute atomic E-state index is 13.5. The summed E-state index contributed by atoms with van der Waals surface area (Å²) in [6.07, 6.45) is 53.0. The number of hydrogen-bond donors (Lipinski definition) is 2. The van der Waals surface area contributed by atoms with E-state index in [0.717, 1.165) is 70.6 Å². The van der Waals surface area contributed by atoms with Gasteiger partial charge in [-0.2, -0.15) is 0 Å². The number of likely N-dealkylation sites (N-methyl/N-ethyl adjacent to an activating group) is 1. The highest BCUT2D eigenvalue weighted by Gasteiger charge is 2.30. The average Bonchev–Trinajstić information content (AvgIpc) is 3.27. The Morgan fingerprint density at radius 2 is 0.879 bits per heavy atom. The van der Waals surface area contributed by atoms with E-state index in [-0.39, 0.29) is 31.5 Å². The van der Waals surface area contributed by atoms with Crippen molar-refractivity contribution in [2.24, 2.45) is 0 Å². The van der Waals surface area contributed by atoms with Crippen LogP contribution < -0.4 is 5.32 Å². The van der Waals surface area contributed by atoms with Crippen LogP contribution in [0.1, 0.15) is 271 Å². The van der Waals surface area contributed by atoms with Gasteiger partial charge < -0.3 is 19.4 Å². The van der Waals surface area contributed by atoms with E-state index in [1.165, 1.54) is 167 Å². The van der Waals surface area contributed by atoms with Gasteiger partial charge in [-0.3, -0.25) is 18.6 Å². The highest BCUT2D eigenvalue weighted by molar-refractivity contribution is 7.47. The maximum atomic E-state index is 13.5. The summed E-state index contributed by atoms with van der Waals surface area (Å²) in [6, 6.07) is -0.846. The molecule has 1 amide bonds. The number of nitrogens with one attached hydrogen (secondary N) is 1. The van der Waals surface area contributed by atoms with Crippen LogP contribution in [0.4, 0.5) is 0 Å². The van der Waals surface area contributed by atoms with Crippen LogP contribution >= 0.6 is 7.82 Å². The fourth-order valence-electron chi connectivity index (χ4n) is 8.23. The van der Waals surface area contributed by atoms with E-state index < -0.39 is 20.0 Å². The first-order valence-electron chi connectivity index (χ1n) is 28.2. The summed E-state index contributed by atoms with van der Waals surface area (Å²) in [6.45, 7) is 7.01. The van der Waals surface area contributed by atoms with Crippen LogP contribution in [0.5, 0.6) is 0 Å². The predicted octanol–water partition coefficient (Wildman–Crippen LogP) is 16.6. The number of nitrogens with zero attached hydrogens (tertiary/aromatic N) is 1. The normalized spacial score (nSPS) is 14.0. The van der Waals surface area contributed by atoms with E-state index in [1.54, 1.807) is 0 Å². The van der Waals surface area contributed by atoms with Gasteiger partial charge >= 0.3 is 13.8 Å². The highest BCUT2D eigenvalue weighted by Crippen LogP contribution is 2.43. The molecule has 0 rings (SSSR count). The van der Waals surface area contributed by atoms with Gasteiger partial charge in [0.15, 0.2) is 0 Å². The maximum Gasteiger partial charge on any atom is 0.472 e. The number of amides is 1. The van der Waals surface area contributed by atoms with Crippen LogP contribution in [0, 0.1) is 0 Å². The molecule has 0 aliphatic rings. The quantitative estimate of drug-likeness (QED) is 0.0205. The molecule has 0 radical (unpaired) electrons. The molecule has 0 aromatic rings. The number of phosphoric ester groups is 1. The molecule has 0 heterocycles. The Balaban J connectivity index is 5.40. The van der Waals surface area contributed by atoms with Gasteiger partial charge in [0.1, 0.15) is 19.3 Å². The third kappa shape index (κ3) is 47.6. The summed E-state index contributed by atoms with van der Waals surface area (Å²) >= 11 is 0. The minimum atomic E-state index is -4.44. The summed E-state index contributed by atoms with van der Waals surface area (Å²) in [5.41, 5.74) is 0. The van der Waals surface area contributed by atoms with Crippen LogP contribution in [0.15, 0.2) is 24.3 Å². The lowest BCUT2D eigenvalue weighted by molar-refractivity contribution is -0.870. The molecule has 66 heavy (non-hydrogen) atoms. The molecule has 390 valence electrons. The number of phosphoric acid groups is 1. The summed E-state index contributed by atoms with van der Waals surface area (Å²) in [5, 5.41) is 3.04. The summed E-state index contributed by atoms with van der Waals surface area (Å²) in [4.78, 5) is 37.5. The number of quaternary nitrogens is 1. The molecule has 0 saturated heterocycles. The van der Waals surface area contributed by atoms with Crippen molar-refractivity contribution in [2.45, 2.75) is 283 Å². The van der Waals surface area contributed by atoms with E-state index in [4.69, 9.17) is 13.8 Å². The van der Waals surface area contributed by atoms with E-state index in [0.29, 0.717) is 17.4 Å². The molecular weight excluding hydrogens is 844 g/mol. The summed E-state index contributed by atoms with van der Waals surface area (Å²) in [7, 11) is 1.50. The van der Waals surface area contributed by atoms with Gasteiger partial charge in [0, 0.05) is 12.8 Å². The second-order valence-electron chi connectivity index (χ2n) is 20.5. The van der Waals surface area contributed by atoms with Crippen molar-refractivity contribution in [1.82, 2.24) is 5.32 Å². The molecule has 3 atom stereocenters. The lowest BCUT2D eigenvalue weighted by Crippen LogP contribution is -2.47. The van der Waals surface area contributed by atoms with Crippen molar-refractivity contribution >= 4 is 19.7 Å². The zero-order chi connectivity index (χ0) is 48.7. The van der Waals surface area contributed by atoms with Crippen molar-refractivity contribution in [3.8, 4) is 0 Å². The smallest absolute Gasteiger partial charge is 0.456 e. The number of rotatable bonds is 51. The van der Waals surface area contributed by atoms with Gasteiger partial charge in [-0.15, -0.1) is 0 Å². The van der Waals surface area contributed by atoms with Crippen molar-refractivity contribution in [3.05, 3.63) is 24.3 Å². The second kappa shape index (κ2) is 47.2. The van der Waals surface area contributed by atoms with E-state index in [9.17, 15) is 19.0 Å². The molecule has 0 aromatic carbocycles. The molecule has 0 aliphatic heterocycles. The molecule has 0 aliphatic carbocycles. The van der Waals surface area contributed by atoms with E-state index >= 15 is 0 Å². The van der Waals surface area contributed by atoms with Crippen molar-refractivity contribution < 1.29 is 37.3 Å². The number of ether oxygens (including phenoxy) is 1. The van der Waals surface area contributed by atoms with Crippen LogP contribution in [-0.4, -0.2) is 74.3 Å². The van der Waals surface area contributed by atoms with Gasteiger partial charge in [-0.05, 0) is 57.4 Å². The van der Waals surface area contributed by atoms with Crippen molar-refractivity contribution in [3.63, 3.8) is 0 Å². The molecule has 9 nitrogen and oxygen atoms in total. The summed E-state index contributed by atoms with van der Waals surface area (Å²) in [5.74, 6) is -0.513. The highest BCUT2D eigenvalue weighted by atomic mass is 31.2. The average molecular weight is 954 g/mol. The Bertz CT molecular complexity index is 1190. The zero-order valence-electron chi connectivity index (χ0n) is 44.5. The lowest BCUT2D eigenvalue weighted by Gasteiger charge is -2.27. The zero-order valence-corrected chi connectivity index (χ0v) is 45.3. The Morgan fingerprint density at radius 1 is 0.515 bits per heavy atom. The third-order valence-electron chi connectivity index (χ3n) is 12.6. The first-order chi connectivity index (χ1) is 31.9. The Kier molecular flexibility index (Phi) is 46.1. The van der Waals surface area contributed by atoms with E-state index in [2.05, 4.69) is 38.2 Å². The van der Waals surface area contributed by atoms with Gasteiger partial charge in [0.05, 0.1) is 33.8 Å². The molecule has 10 heteroatoms. The standard InChI is InChI=1S/C56H109N2O7P/c1-7-10-13-16-19-22-25-28-31-34-37-40-43-46-49-56(60)65-54(47-44-41-38-35-32-29-26-23-20-17-14-11-8-2)53(52-64-66(61,62)63-51-50-58(4,5)6)57-55(59)48-45-42-39-36-33-30-27-24-21-18-15-12-9-3/h31,34,44,47,53-54H,7-30,32-33,35-43,45-46,48-52H2,1-6H3,(H-,57,59,61,62)/p+1/b34-31-,47-44+. The fourth-order valence-corrected chi connectivity index (χ4v) is 8.96. The molecule has 3 unspecified atom stereocenters. The Hall–Kier alpha value is -1.51. The minimum Gasteiger partial charge on any atom is -0.456 e. The van der Waals surface area contributed by atoms with Gasteiger partial charge in [0.25, 0.3) is 0 Å². The van der Waals surface area contributed by atoms with Crippen LogP contribution in [0.3, 0.4) is 0 Å². The van der Waals surface area contributed by atoms with E-state index in [1.807, 2.05) is 33.3 Å². The number of esters is 1. The van der Waals surface area contributed by atoms with Crippen molar-refractivity contribution in [1.29, 1.82) is 0 Å². The molecule has 0 saturated carbocycles. The molecular formula is C56H110N2O7P+. The predicted molar refractivity (Wildman–Crippen MR) is 282 cm³/mol. The minimum absolute atomic E-state index is 0.0413. The number of carbonyl (C=O) groups is 2. The van der Waals surface area contributed by atoms with Crippen LogP contribution in [-0.2, 0) is 27.9 Å². The molecule has 0 aromatic heterocycles. The number of carbonyl (C=O) groups excluding carboxylic acids is 2. The second-order valence-corrected chi connectivity index (χ2v) is 21.9. The Morgan fingerprint density at radius 3 is 1.30 bits per heavy atom. The van der Waals surface area contributed by atoms with Crippen molar-refractivity contribution in [2.75, 3.05) is 40.9 Å². The summed E-state index contributed by atoms with van der Waals surface area (Å²) < 4.78 is 30.6. The molecule has 2 N–H and O–H groups in total. The van der Waals surface area contributed by atoms with Crippen LogP contribution in [0.2, 0.25) is 0 Å². The Labute approximate surface area is 409 Å². The largest absolute Gasteiger partial charge is 0.472 e. The van der Waals surface area contributed by atoms with Gasteiger partial charge in [0.2, 0.25) is 5.91 Å². The SMILES string of the molecule is CCCCCCCCC/C=C\CCCCCC(=O)OC(/C=C/CCCCCCCCCCCCC)C(COP(=O)(O)OCC[N+](C)(C)C)NC(=O)CCCCCCCCCCCCCCC. The van der Waals surface area contributed by atoms with Gasteiger partial charge in [-0.25, -0.2) is 4.57 Å².